The summed E-state index contributed by atoms with van der Waals surface area (Å²) in [5.74, 6) is 0. The normalized spacial score (nSPS) is 10.3. The third kappa shape index (κ3) is 1.76. The lowest BCUT2D eigenvalue weighted by Crippen LogP contribution is -1.57. The maximum absolute atomic E-state index is 2.93. The fourth-order valence-electron chi connectivity index (χ4n) is 0.851. The van der Waals surface area contributed by atoms with E-state index in [-0.39, 0.29) is 0 Å². The molecular weight excluding hydrogens is 184 g/mol. The van der Waals surface area contributed by atoms with Crippen molar-refractivity contribution in [2.75, 3.05) is 0 Å². The van der Waals surface area contributed by atoms with E-state index in [1.165, 1.54) is 9.75 Å². The number of hydrogen-bond acceptors (Lipinski definition) is 2. The molecule has 0 N–H and O–H groups in total. The van der Waals surface area contributed by atoms with Crippen molar-refractivity contribution in [3.05, 3.63) is 44.8 Å². The maximum Gasteiger partial charge on any atom is 0.0444 e. The Hall–Kier alpha value is -1.04. The highest BCUT2D eigenvalue weighted by Crippen LogP contribution is 2.14. The van der Waals surface area contributed by atoms with Crippen LogP contribution in [0.3, 0.4) is 0 Å². The third-order valence-corrected chi connectivity index (χ3v) is 2.94. The van der Waals surface area contributed by atoms with Gasteiger partial charge in [-0.25, -0.2) is 0 Å². The van der Waals surface area contributed by atoms with Gasteiger partial charge in [0.05, 0.1) is 0 Å². The van der Waals surface area contributed by atoms with Crippen LogP contribution in [0.1, 0.15) is 9.75 Å². The molecule has 0 unspecified atom stereocenters. The van der Waals surface area contributed by atoms with Crippen LogP contribution in [0, 0.1) is 11.4 Å². The Kier molecular flexibility index (Phi) is 2.26. The molecule has 0 fully saturated rings. The van der Waals surface area contributed by atoms with Gasteiger partial charge in [0.2, 0.25) is 0 Å². The van der Waals surface area contributed by atoms with E-state index in [9.17, 15) is 0 Å². The van der Waals surface area contributed by atoms with Crippen LogP contribution in [0.4, 0.5) is 0 Å². The number of thiophene rings is 1. The van der Waals surface area contributed by atoms with Crippen LogP contribution in [-0.4, -0.2) is 0 Å². The summed E-state index contributed by atoms with van der Waals surface area (Å²) in [7, 11) is 0. The quantitative estimate of drug-likeness (QED) is 0.679. The molecular formula is C10H6S2. The van der Waals surface area contributed by atoms with Crippen molar-refractivity contribution in [1.29, 1.82) is 0 Å². The summed E-state index contributed by atoms with van der Waals surface area (Å²) in [6.07, 6.45) is 4.20. The minimum absolute atomic E-state index is 1.20. The van der Waals surface area contributed by atoms with Gasteiger partial charge in [-0.1, -0.05) is 23.5 Å². The molecule has 0 nitrogen and oxygen atoms in total. The molecule has 0 aliphatic rings. The Balaban J connectivity index is 2.14. The molecule has 58 valence electrons. The Bertz CT molecular complexity index is 305. The Morgan fingerprint density at radius 3 is 2.83 bits per heavy atom. The summed E-state index contributed by atoms with van der Waals surface area (Å²) in [5, 5.41) is 5.00. The highest BCUT2D eigenvalue weighted by molar-refractivity contribution is 7.11. The van der Waals surface area contributed by atoms with E-state index in [1.807, 2.05) is 6.07 Å². The zero-order valence-corrected chi connectivity index (χ0v) is 7.91. The molecule has 2 aromatic heterocycles. The van der Waals surface area contributed by atoms with Crippen molar-refractivity contribution in [2.24, 2.45) is 0 Å². The molecule has 0 aliphatic carbocycles. The number of hydrogen-bond donors (Lipinski definition) is 0. The highest BCUT2D eigenvalue weighted by atomic mass is 32.1. The molecule has 2 heterocycles. The van der Waals surface area contributed by atoms with Gasteiger partial charge in [-0.15, -0.1) is 11.3 Å². The first-order valence-corrected chi connectivity index (χ1v) is 5.24. The lowest BCUT2D eigenvalue weighted by atomic mass is 10.4. The second-order valence-corrected chi connectivity index (χ2v) is 4.10. The minimum atomic E-state index is 1.20. The molecule has 2 rings (SSSR count). The van der Waals surface area contributed by atoms with E-state index in [4.69, 9.17) is 0 Å². The summed E-state index contributed by atoms with van der Waals surface area (Å²) >= 11 is 3.32. The standard InChI is InChI=1S/C10H6S2/c1-3-9(11-7-1)5-6-10-4-2-8-12-10/h1,3-7H/b6-5+. The Labute approximate surface area is 79.8 Å². The van der Waals surface area contributed by atoms with Gasteiger partial charge in [-0.3, -0.25) is 0 Å². The van der Waals surface area contributed by atoms with Crippen molar-refractivity contribution in [2.45, 2.75) is 0 Å². The zero-order valence-electron chi connectivity index (χ0n) is 6.28. The topological polar surface area (TPSA) is 0 Å². The molecule has 0 aliphatic heterocycles. The van der Waals surface area contributed by atoms with Gasteiger partial charge in [-0.05, 0) is 29.0 Å². The molecule has 0 saturated heterocycles. The molecule has 0 amide bonds. The molecule has 2 heteroatoms. The maximum atomic E-state index is 2.93. The van der Waals surface area contributed by atoms with E-state index in [0.717, 1.165) is 0 Å². The highest BCUT2D eigenvalue weighted by Gasteiger charge is 1.86. The smallest absolute Gasteiger partial charge is 0.0444 e. The van der Waals surface area contributed by atoms with Gasteiger partial charge in [0.25, 0.3) is 0 Å². The van der Waals surface area contributed by atoms with Crippen LogP contribution in [0.5, 0.6) is 0 Å². The van der Waals surface area contributed by atoms with Crippen molar-refractivity contribution < 1.29 is 0 Å². The predicted octanol–water partition coefficient (Wildman–Crippen LogP) is 3.58. The van der Waals surface area contributed by atoms with Gasteiger partial charge in [0, 0.05) is 15.8 Å². The fraction of sp³-hybridized carbons (Fsp3) is 0. The lowest BCUT2D eigenvalue weighted by Gasteiger charge is -1.81. The van der Waals surface area contributed by atoms with Gasteiger partial charge < -0.3 is 0 Å². The van der Waals surface area contributed by atoms with Crippen molar-refractivity contribution >= 4 is 34.8 Å². The van der Waals surface area contributed by atoms with E-state index >= 15 is 0 Å². The van der Waals surface area contributed by atoms with Gasteiger partial charge in [0.15, 0.2) is 0 Å². The van der Waals surface area contributed by atoms with Crippen LogP contribution in [-0.2, 0) is 0 Å². The summed E-state index contributed by atoms with van der Waals surface area (Å²) in [4.78, 5) is 2.48. The van der Waals surface area contributed by atoms with Crippen molar-refractivity contribution in [1.82, 2.24) is 0 Å². The second-order valence-electron chi connectivity index (χ2n) is 2.24. The fourth-order valence-corrected chi connectivity index (χ4v) is 1.96. The predicted molar refractivity (Wildman–Crippen MR) is 55.2 cm³/mol. The molecule has 0 saturated carbocycles. The van der Waals surface area contributed by atoms with Crippen molar-refractivity contribution in [3.8, 4) is 0 Å². The van der Waals surface area contributed by atoms with Crippen LogP contribution >= 0.6 is 22.7 Å². The molecule has 2 aromatic rings. The van der Waals surface area contributed by atoms with Crippen molar-refractivity contribution in [3.63, 3.8) is 0 Å². The SMILES string of the molecule is c1cc(/C=C/c2cccs2)sc#1. The molecule has 0 atom stereocenters. The van der Waals surface area contributed by atoms with Crippen LogP contribution in [0.25, 0.3) is 12.2 Å². The second kappa shape index (κ2) is 3.57. The van der Waals surface area contributed by atoms with Gasteiger partial charge in [0.1, 0.15) is 0 Å². The molecule has 0 radical (unpaired) electrons. The van der Waals surface area contributed by atoms with E-state index in [1.54, 1.807) is 22.7 Å². The summed E-state index contributed by atoms with van der Waals surface area (Å²) in [6, 6.07) is 9.00. The first-order chi connectivity index (χ1) is 5.95. The molecule has 12 heavy (non-hydrogen) atoms. The van der Waals surface area contributed by atoms with Crippen LogP contribution < -0.4 is 0 Å². The van der Waals surface area contributed by atoms with Crippen LogP contribution in [0.2, 0.25) is 0 Å². The zero-order chi connectivity index (χ0) is 8.23. The van der Waals surface area contributed by atoms with Gasteiger partial charge in [-0.2, -0.15) is 0 Å². The summed E-state index contributed by atoms with van der Waals surface area (Å²) in [6.45, 7) is 0. The molecule has 0 bridgehead atoms. The van der Waals surface area contributed by atoms with E-state index in [0.29, 0.717) is 0 Å². The molecule has 0 aromatic carbocycles. The number of rotatable bonds is 2. The van der Waals surface area contributed by atoms with E-state index in [2.05, 4.69) is 41.1 Å². The third-order valence-electron chi connectivity index (χ3n) is 1.40. The average molecular weight is 190 g/mol. The Morgan fingerprint density at radius 1 is 1.25 bits per heavy atom. The summed E-state index contributed by atoms with van der Waals surface area (Å²) in [5.41, 5.74) is 0. The first kappa shape index (κ1) is 7.60. The van der Waals surface area contributed by atoms with E-state index < -0.39 is 0 Å². The Morgan fingerprint density at radius 2 is 2.17 bits per heavy atom. The first-order valence-electron chi connectivity index (χ1n) is 3.54. The monoisotopic (exact) mass is 190 g/mol. The van der Waals surface area contributed by atoms with Gasteiger partial charge >= 0.3 is 0 Å². The average Bonchev–Trinajstić information content (AvgIpc) is 2.74. The van der Waals surface area contributed by atoms with Crippen LogP contribution in [0.15, 0.2) is 23.6 Å². The largest absolute Gasteiger partial charge is 0.144 e. The minimum Gasteiger partial charge on any atom is -0.144 e. The molecule has 0 spiro atoms. The summed E-state index contributed by atoms with van der Waals surface area (Å²) < 4.78 is 0. The lowest BCUT2D eigenvalue weighted by molar-refractivity contribution is 1.94.